The molecule has 1 aliphatic rings. The van der Waals surface area contributed by atoms with Crippen LogP contribution >= 0.6 is 0 Å². The summed E-state index contributed by atoms with van der Waals surface area (Å²) in [7, 11) is 0. The first-order valence-corrected chi connectivity index (χ1v) is 7.93. The molecule has 0 spiro atoms. The lowest BCUT2D eigenvalue weighted by atomic mass is 9.98. The van der Waals surface area contributed by atoms with Gasteiger partial charge in [0.2, 0.25) is 0 Å². The largest absolute Gasteiger partial charge is 0.480 e. The summed E-state index contributed by atoms with van der Waals surface area (Å²) >= 11 is 0. The topological polar surface area (TPSA) is 61.4 Å². The predicted octanol–water partition coefficient (Wildman–Crippen LogP) is 2.68. The Morgan fingerprint density at radius 1 is 1.48 bits per heavy atom. The Kier molecular flexibility index (Phi) is 5.62. The maximum Gasteiger partial charge on any atom is 0.320 e. The zero-order valence-corrected chi connectivity index (χ0v) is 13.0. The van der Waals surface area contributed by atoms with Crippen molar-refractivity contribution in [3.8, 4) is 0 Å². The minimum absolute atomic E-state index is 0.148. The molecule has 0 aliphatic carbocycles. The summed E-state index contributed by atoms with van der Waals surface area (Å²) in [6.07, 6.45) is 4.06. The third kappa shape index (κ3) is 4.21. The molecule has 4 nitrogen and oxygen atoms in total. The molecule has 0 amide bonds. The Hall–Kier alpha value is -1.55. The molecule has 0 bridgehead atoms. The standard InChI is InChI=1S/C17H26N2O2/c1-3-12(2)16(17(20)21)19-10-8-13-6-7-15-14(11-13)5-4-9-18-15/h6-7,11-12,16,18-19H,3-5,8-10H2,1-2H3,(H,20,21). The fourth-order valence-corrected chi connectivity index (χ4v) is 2.82. The second-order valence-corrected chi connectivity index (χ2v) is 5.93. The summed E-state index contributed by atoms with van der Waals surface area (Å²) in [5.41, 5.74) is 3.91. The van der Waals surface area contributed by atoms with Crippen LogP contribution in [-0.2, 0) is 17.6 Å². The number of carbonyl (C=O) groups is 1. The van der Waals surface area contributed by atoms with Gasteiger partial charge in [0.25, 0.3) is 0 Å². The van der Waals surface area contributed by atoms with Crippen LogP contribution in [-0.4, -0.2) is 30.2 Å². The van der Waals surface area contributed by atoms with Gasteiger partial charge in [-0.2, -0.15) is 0 Å². The number of benzene rings is 1. The highest BCUT2D eigenvalue weighted by molar-refractivity contribution is 5.73. The molecule has 2 rings (SSSR count). The maximum absolute atomic E-state index is 11.3. The van der Waals surface area contributed by atoms with E-state index in [1.165, 1.54) is 23.2 Å². The number of rotatable bonds is 7. The van der Waals surface area contributed by atoms with Crippen molar-refractivity contribution in [1.29, 1.82) is 0 Å². The van der Waals surface area contributed by atoms with Crippen LogP contribution in [0.1, 0.15) is 37.8 Å². The molecule has 1 aliphatic heterocycles. The molecule has 116 valence electrons. The number of aliphatic carboxylic acids is 1. The Balaban J connectivity index is 1.89. The monoisotopic (exact) mass is 290 g/mol. The number of anilines is 1. The summed E-state index contributed by atoms with van der Waals surface area (Å²) in [6.45, 7) is 5.77. The van der Waals surface area contributed by atoms with Crippen molar-refractivity contribution in [1.82, 2.24) is 5.32 Å². The van der Waals surface area contributed by atoms with E-state index in [0.29, 0.717) is 6.54 Å². The zero-order chi connectivity index (χ0) is 15.2. The number of aryl methyl sites for hydroxylation is 1. The first kappa shape index (κ1) is 15.8. The van der Waals surface area contributed by atoms with E-state index in [1.807, 2.05) is 13.8 Å². The zero-order valence-electron chi connectivity index (χ0n) is 13.0. The highest BCUT2D eigenvalue weighted by Crippen LogP contribution is 2.23. The molecule has 2 atom stereocenters. The molecular formula is C17H26N2O2. The lowest BCUT2D eigenvalue weighted by Gasteiger charge is -2.21. The molecule has 0 saturated carbocycles. The van der Waals surface area contributed by atoms with E-state index < -0.39 is 12.0 Å². The number of fused-ring (bicyclic) bond motifs is 1. The van der Waals surface area contributed by atoms with Gasteiger partial charge in [-0.05, 0) is 48.9 Å². The van der Waals surface area contributed by atoms with Crippen molar-refractivity contribution in [3.05, 3.63) is 29.3 Å². The van der Waals surface area contributed by atoms with Crippen LogP contribution in [0.3, 0.4) is 0 Å². The quantitative estimate of drug-likeness (QED) is 0.722. The van der Waals surface area contributed by atoms with Crippen LogP contribution < -0.4 is 10.6 Å². The second-order valence-electron chi connectivity index (χ2n) is 5.93. The van der Waals surface area contributed by atoms with E-state index in [0.717, 1.165) is 25.8 Å². The molecule has 3 N–H and O–H groups in total. The molecule has 4 heteroatoms. The van der Waals surface area contributed by atoms with E-state index in [-0.39, 0.29) is 5.92 Å². The summed E-state index contributed by atoms with van der Waals surface area (Å²) in [6, 6.07) is 6.09. The minimum Gasteiger partial charge on any atom is -0.480 e. The van der Waals surface area contributed by atoms with Gasteiger partial charge < -0.3 is 15.7 Å². The fraction of sp³-hybridized carbons (Fsp3) is 0.588. The molecule has 1 heterocycles. The highest BCUT2D eigenvalue weighted by Gasteiger charge is 2.22. The van der Waals surface area contributed by atoms with Gasteiger partial charge in [0.05, 0.1) is 0 Å². The van der Waals surface area contributed by atoms with Crippen molar-refractivity contribution in [3.63, 3.8) is 0 Å². The molecule has 1 aromatic rings. The number of carboxylic acids is 1. The van der Waals surface area contributed by atoms with Crippen molar-refractivity contribution in [2.45, 2.75) is 45.6 Å². The van der Waals surface area contributed by atoms with E-state index in [4.69, 9.17) is 0 Å². The Morgan fingerprint density at radius 2 is 2.29 bits per heavy atom. The van der Waals surface area contributed by atoms with Gasteiger partial charge in [-0.3, -0.25) is 4.79 Å². The van der Waals surface area contributed by atoms with Gasteiger partial charge in [-0.25, -0.2) is 0 Å². The average molecular weight is 290 g/mol. The number of carboxylic acid groups (broad SMARTS) is 1. The molecular weight excluding hydrogens is 264 g/mol. The van der Waals surface area contributed by atoms with Gasteiger partial charge >= 0.3 is 5.97 Å². The molecule has 0 saturated heterocycles. The summed E-state index contributed by atoms with van der Waals surface area (Å²) in [5.74, 6) is -0.603. The Bertz CT molecular complexity index is 488. The van der Waals surface area contributed by atoms with Crippen molar-refractivity contribution < 1.29 is 9.90 Å². The Labute approximate surface area is 126 Å². The van der Waals surface area contributed by atoms with E-state index in [9.17, 15) is 9.90 Å². The van der Waals surface area contributed by atoms with Gasteiger partial charge in [0.1, 0.15) is 6.04 Å². The summed E-state index contributed by atoms with van der Waals surface area (Å²) in [5, 5.41) is 15.9. The highest BCUT2D eigenvalue weighted by atomic mass is 16.4. The van der Waals surface area contributed by atoms with E-state index in [2.05, 4.69) is 28.8 Å². The molecule has 0 fully saturated rings. The first-order valence-electron chi connectivity index (χ1n) is 7.93. The Morgan fingerprint density at radius 3 is 3.00 bits per heavy atom. The van der Waals surface area contributed by atoms with Crippen LogP contribution in [0, 0.1) is 5.92 Å². The fourth-order valence-electron chi connectivity index (χ4n) is 2.82. The minimum atomic E-state index is -0.751. The summed E-state index contributed by atoms with van der Waals surface area (Å²) < 4.78 is 0. The normalized spacial score (nSPS) is 16.7. The third-order valence-electron chi connectivity index (χ3n) is 4.36. The molecule has 1 aromatic carbocycles. The van der Waals surface area contributed by atoms with Gasteiger partial charge in [0.15, 0.2) is 0 Å². The molecule has 21 heavy (non-hydrogen) atoms. The first-order chi connectivity index (χ1) is 10.1. The van der Waals surface area contributed by atoms with Crippen LogP contribution in [0.2, 0.25) is 0 Å². The SMILES string of the molecule is CCC(C)C(NCCc1ccc2c(c1)CCCN2)C(=O)O. The number of nitrogens with one attached hydrogen (secondary N) is 2. The lowest BCUT2D eigenvalue weighted by Crippen LogP contribution is -2.42. The van der Waals surface area contributed by atoms with Crippen molar-refractivity contribution in [2.24, 2.45) is 5.92 Å². The van der Waals surface area contributed by atoms with Crippen LogP contribution in [0.4, 0.5) is 5.69 Å². The second kappa shape index (κ2) is 7.46. The third-order valence-corrected chi connectivity index (χ3v) is 4.36. The van der Waals surface area contributed by atoms with Gasteiger partial charge in [0, 0.05) is 12.2 Å². The number of hydrogen-bond acceptors (Lipinski definition) is 3. The van der Waals surface area contributed by atoms with Crippen LogP contribution in [0.15, 0.2) is 18.2 Å². The maximum atomic E-state index is 11.3. The van der Waals surface area contributed by atoms with Crippen molar-refractivity contribution in [2.75, 3.05) is 18.4 Å². The number of hydrogen-bond donors (Lipinski definition) is 3. The molecule has 0 radical (unpaired) electrons. The smallest absolute Gasteiger partial charge is 0.320 e. The van der Waals surface area contributed by atoms with Crippen molar-refractivity contribution >= 4 is 11.7 Å². The molecule has 0 aromatic heterocycles. The van der Waals surface area contributed by atoms with E-state index >= 15 is 0 Å². The van der Waals surface area contributed by atoms with Gasteiger partial charge in [-0.15, -0.1) is 0 Å². The van der Waals surface area contributed by atoms with Gasteiger partial charge in [-0.1, -0.05) is 32.4 Å². The van der Waals surface area contributed by atoms with Crippen LogP contribution in [0.25, 0.3) is 0 Å². The predicted molar refractivity (Wildman–Crippen MR) is 85.8 cm³/mol. The van der Waals surface area contributed by atoms with E-state index in [1.54, 1.807) is 0 Å². The van der Waals surface area contributed by atoms with Crippen LogP contribution in [0.5, 0.6) is 0 Å². The molecule has 2 unspecified atom stereocenters. The average Bonchev–Trinajstić information content (AvgIpc) is 2.50. The lowest BCUT2D eigenvalue weighted by molar-refractivity contribution is -0.140. The summed E-state index contributed by atoms with van der Waals surface area (Å²) in [4.78, 5) is 11.3.